The van der Waals surface area contributed by atoms with Crippen LogP contribution in [0.2, 0.25) is 0 Å². The zero-order valence-electron chi connectivity index (χ0n) is 17.1. The lowest BCUT2D eigenvalue weighted by atomic mass is 10.1. The van der Waals surface area contributed by atoms with E-state index in [1.54, 1.807) is 0 Å². The van der Waals surface area contributed by atoms with Crippen LogP contribution in [-0.2, 0) is 6.61 Å². The number of aryl methyl sites for hydroxylation is 1. The molecule has 154 valence electrons. The first-order chi connectivity index (χ1) is 14.6. The molecule has 0 fully saturated rings. The summed E-state index contributed by atoms with van der Waals surface area (Å²) in [6.45, 7) is 5.07. The Morgan fingerprint density at radius 1 is 0.967 bits per heavy atom. The Labute approximate surface area is 182 Å². The number of hydrogen-bond donors (Lipinski definition) is 3. The number of rotatable bonds is 8. The van der Waals surface area contributed by atoms with Crippen molar-refractivity contribution in [1.29, 1.82) is 0 Å². The number of nitrogens with one attached hydrogen (secondary N) is 3. The third-order valence-corrected chi connectivity index (χ3v) is 4.40. The van der Waals surface area contributed by atoms with Crippen LogP contribution < -0.4 is 25.3 Å². The van der Waals surface area contributed by atoms with Gasteiger partial charge in [-0.05, 0) is 62.0 Å². The summed E-state index contributed by atoms with van der Waals surface area (Å²) in [5, 5.41) is 6.57. The van der Waals surface area contributed by atoms with E-state index in [1.165, 1.54) is 5.56 Å². The predicted molar refractivity (Wildman–Crippen MR) is 125 cm³/mol. The molecule has 0 aromatic heterocycles. The summed E-state index contributed by atoms with van der Waals surface area (Å²) in [6, 6.07) is 23.8. The lowest BCUT2D eigenvalue weighted by Gasteiger charge is -2.12. The molecule has 6 heteroatoms. The van der Waals surface area contributed by atoms with Gasteiger partial charge in [0.15, 0.2) is 17.7 Å². The maximum Gasteiger partial charge on any atom is 0.228 e. The standard InChI is InChI=1S/C24H25N3O2S/c1-3-28-23-15-19(16-25-27-24(30)26-21-10-5-4-6-11-21)12-13-22(23)29-17-20-9-7-8-18(2)14-20/h4-16H,3,17H2,1-2H3,(H2,26,27,30)/p+1. The summed E-state index contributed by atoms with van der Waals surface area (Å²) < 4.78 is 11.8. The summed E-state index contributed by atoms with van der Waals surface area (Å²) in [5.41, 5.74) is 7.13. The molecule has 3 aromatic rings. The van der Waals surface area contributed by atoms with E-state index in [0.29, 0.717) is 29.8 Å². The first-order valence-corrected chi connectivity index (χ1v) is 10.2. The topological polar surface area (TPSA) is 56.5 Å². The molecule has 0 atom stereocenters. The number of benzene rings is 3. The fourth-order valence-electron chi connectivity index (χ4n) is 2.83. The lowest BCUT2D eigenvalue weighted by Crippen LogP contribution is -2.82. The van der Waals surface area contributed by atoms with Crippen molar-refractivity contribution < 1.29 is 14.6 Å². The Balaban J connectivity index is 1.60. The number of thiocarbonyl (C=S) groups is 1. The molecule has 0 amide bonds. The van der Waals surface area contributed by atoms with E-state index in [-0.39, 0.29) is 0 Å². The van der Waals surface area contributed by atoms with E-state index in [1.807, 2.05) is 67.7 Å². The molecule has 0 saturated carbocycles. The minimum absolute atomic E-state index is 0.473. The van der Waals surface area contributed by atoms with Crippen LogP contribution in [0, 0.1) is 6.92 Å². The van der Waals surface area contributed by atoms with Gasteiger partial charge in [0.2, 0.25) is 5.11 Å². The van der Waals surface area contributed by atoms with Crippen LogP contribution in [0.4, 0.5) is 5.69 Å². The molecular weight excluding hydrogens is 394 g/mol. The molecule has 0 aliphatic carbocycles. The van der Waals surface area contributed by atoms with Gasteiger partial charge in [0.25, 0.3) is 0 Å². The van der Waals surface area contributed by atoms with Crippen LogP contribution in [0.15, 0.2) is 72.8 Å². The maximum atomic E-state index is 5.99. The van der Waals surface area contributed by atoms with Crippen molar-refractivity contribution in [2.24, 2.45) is 0 Å². The van der Waals surface area contributed by atoms with Crippen molar-refractivity contribution in [3.05, 3.63) is 89.5 Å². The van der Waals surface area contributed by atoms with E-state index in [4.69, 9.17) is 21.7 Å². The van der Waals surface area contributed by atoms with E-state index in [2.05, 4.69) is 41.0 Å². The number of hydrogen-bond acceptors (Lipinski definition) is 3. The van der Waals surface area contributed by atoms with E-state index in [0.717, 1.165) is 16.8 Å². The summed E-state index contributed by atoms with van der Waals surface area (Å²) in [5.74, 6) is 1.41. The molecule has 0 unspecified atom stereocenters. The lowest BCUT2D eigenvalue weighted by molar-refractivity contribution is -0.499. The molecule has 0 heterocycles. The summed E-state index contributed by atoms with van der Waals surface area (Å²) in [7, 11) is 0. The normalized spacial score (nSPS) is 10.6. The molecule has 5 nitrogen and oxygen atoms in total. The molecule has 0 radical (unpaired) electrons. The Hall–Kier alpha value is -3.38. The van der Waals surface area contributed by atoms with Crippen LogP contribution in [0.3, 0.4) is 0 Å². The van der Waals surface area contributed by atoms with Gasteiger partial charge >= 0.3 is 0 Å². The fraction of sp³-hybridized carbons (Fsp3) is 0.167. The Morgan fingerprint density at radius 3 is 2.57 bits per heavy atom. The van der Waals surface area contributed by atoms with Crippen LogP contribution in [0.1, 0.15) is 23.6 Å². The highest BCUT2D eigenvalue weighted by atomic mass is 32.1. The highest BCUT2D eigenvalue weighted by Crippen LogP contribution is 2.28. The molecule has 0 aliphatic heterocycles. The fourth-order valence-corrected chi connectivity index (χ4v) is 3.01. The zero-order valence-corrected chi connectivity index (χ0v) is 18.0. The minimum Gasteiger partial charge on any atom is -0.490 e. The predicted octanol–water partition coefficient (Wildman–Crippen LogP) is 3.37. The highest BCUT2D eigenvalue weighted by molar-refractivity contribution is 7.80. The second-order valence-corrected chi connectivity index (χ2v) is 7.06. The van der Waals surface area contributed by atoms with Crippen LogP contribution in [0.5, 0.6) is 11.5 Å². The molecule has 0 aliphatic rings. The second-order valence-electron chi connectivity index (χ2n) is 6.65. The molecule has 0 saturated heterocycles. The smallest absolute Gasteiger partial charge is 0.228 e. The molecular formula is C24H26N3O2S+. The van der Waals surface area contributed by atoms with Gasteiger partial charge in [-0.2, -0.15) is 0 Å². The van der Waals surface area contributed by atoms with Crippen molar-refractivity contribution in [3.8, 4) is 11.5 Å². The number of anilines is 1. The van der Waals surface area contributed by atoms with Gasteiger partial charge in [-0.1, -0.05) is 48.0 Å². The first kappa shape index (κ1) is 21.3. The van der Waals surface area contributed by atoms with Gasteiger partial charge in [-0.25, -0.2) is 0 Å². The third-order valence-electron chi connectivity index (χ3n) is 4.20. The van der Waals surface area contributed by atoms with Crippen molar-refractivity contribution in [3.63, 3.8) is 0 Å². The van der Waals surface area contributed by atoms with Crippen LogP contribution >= 0.6 is 12.2 Å². The average molecular weight is 421 g/mol. The first-order valence-electron chi connectivity index (χ1n) is 9.80. The van der Waals surface area contributed by atoms with E-state index >= 15 is 0 Å². The van der Waals surface area contributed by atoms with Gasteiger partial charge in [0, 0.05) is 11.3 Å². The Morgan fingerprint density at radius 2 is 1.80 bits per heavy atom. The number of ether oxygens (including phenoxy) is 2. The molecule has 30 heavy (non-hydrogen) atoms. The summed E-state index contributed by atoms with van der Waals surface area (Å²) >= 11 is 5.28. The van der Waals surface area contributed by atoms with E-state index in [9.17, 15) is 0 Å². The van der Waals surface area contributed by atoms with Crippen molar-refractivity contribution in [2.75, 3.05) is 11.9 Å². The summed E-state index contributed by atoms with van der Waals surface area (Å²) in [6.07, 6.45) is 1.81. The third kappa shape index (κ3) is 6.60. The number of hydrazone groups is 1. The Kier molecular flexibility index (Phi) is 7.80. The van der Waals surface area contributed by atoms with Crippen LogP contribution in [-0.4, -0.2) is 17.9 Å². The monoisotopic (exact) mass is 420 g/mol. The van der Waals surface area contributed by atoms with Gasteiger partial charge in [-0.3, -0.25) is 0 Å². The zero-order chi connectivity index (χ0) is 21.2. The molecule has 3 aromatic carbocycles. The SMILES string of the molecule is CCOc1cc(C=[NH+]NC(=S)Nc2ccccc2)ccc1OCc1cccc(C)c1. The van der Waals surface area contributed by atoms with Crippen molar-refractivity contribution in [1.82, 2.24) is 5.43 Å². The quantitative estimate of drug-likeness (QED) is 0.296. The van der Waals surface area contributed by atoms with Crippen molar-refractivity contribution >= 4 is 29.2 Å². The van der Waals surface area contributed by atoms with Crippen LogP contribution in [0.25, 0.3) is 0 Å². The minimum atomic E-state index is 0.473. The molecule has 3 rings (SSSR count). The maximum absolute atomic E-state index is 5.99. The number of para-hydroxylation sites is 1. The molecule has 0 spiro atoms. The molecule has 0 bridgehead atoms. The average Bonchev–Trinajstić information content (AvgIpc) is 2.74. The van der Waals surface area contributed by atoms with Gasteiger partial charge in [0.1, 0.15) is 6.61 Å². The van der Waals surface area contributed by atoms with Gasteiger partial charge in [-0.15, -0.1) is 10.5 Å². The highest BCUT2D eigenvalue weighted by Gasteiger charge is 2.08. The number of hydrazine groups is 1. The summed E-state index contributed by atoms with van der Waals surface area (Å²) in [4.78, 5) is 0. The van der Waals surface area contributed by atoms with Gasteiger partial charge < -0.3 is 14.8 Å². The van der Waals surface area contributed by atoms with E-state index < -0.39 is 0 Å². The molecule has 3 N–H and O–H groups in total. The van der Waals surface area contributed by atoms with Gasteiger partial charge in [0.05, 0.1) is 6.61 Å². The second kappa shape index (κ2) is 11.0. The Bertz CT molecular complexity index is 1010. The largest absolute Gasteiger partial charge is 0.490 e. The van der Waals surface area contributed by atoms with Crippen molar-refractivity contribution in [2.45, 2.75) is 20.5 Å².